The largest absolute Gasteiger partial charge is 0.444 e. The van der Waals surface area contributed by atoms with Crippen LogP contribution in [0.4, 0.5) is 4.79 Å². The molecule has 1 fully saturated rings. The molecular weight excluding hydrogens is 497 g/mol. The fourth-order valence-electron chi connectivity index (χ4n) is 3.60. The first-order valence-electron chi connectivity index (χ1n) is 10.5. The Bertz CT molecular complexity index is 661. The number of H-pyrrole nitrogens is 1. The topological polar surface area (TPSA) is 108 Å². The normalized spacial score (nSPS) is 16.1. The molecule has 3 N–H and O–H groups in total. The van der Waals surface area contributed by atoms with E-state index in [1.807, 2.05) is 20.8 Å². The molecule has 0 aliphatic carbocycles. The molecule has 0 saturated carbocycles. The molecule has 0 radical (unpaired) electrons. The molecule has 2 heterocycles. The quantitative estimate of drug-likeness (QED) is 0.293. The second-order valence-corrected chi connectivity index (χ2v) is 8.65. The Morgan fingerprint density at radius 3 is 2.40 bits per heavy atom. The van der Waals surface area contributed by atoms with Gasteiger partial charge in [-0.05, 0) is 46.5 Å². The van der Waals surface area contributed by atoms with E-state index in [1.54, 1.807) is 13.4 Å². The third-order valence-electron chi connectivity index (χ3n) is 5.53. The zero-order valence-electron chi connectivity index (χ0n) is 19.1. The number of carbonyl (C=O) groups is 1. The molecule has 0 spiro atoms. The highest BCUT2D eigenvalue weighted by Crippen LogP contribution is 2.25. The van der Waals surface area contributed by atoms with Gasteiger partial charge in [0, 0.05) is 32.6 Å². The Hall–Kier alpha value is -1.59. The Labute approximate surface area is 197 Å². The first-order chi connectivity index (χ1) is 13.7. The van der Waals surface area contributed by atoms with Crippen LogP contribution in [0.5, 0.6) is 0 Å². The highest BCUT2D eigenvalue weighted by atomic mass is 127. The van der Waals surface area contributed by atoms with E-state index in [0.29, 0.717) is 12.5 Å². The molecule has 2 rings (SSSR count). The average Bonchev–Trinajstić information content (AvgIpc) is 3.21. The maximum absolute atomic E-state index is 12.3. The molecule has 172 valence electrons. The predicted molar refractivity (Wildman–Crippen MR) is 129 cm³/mol. The molecule has 1 aromatic heterocycles. The van der Waals surface area contributed by atoms with Crippen molar-refractivity contribution in [3.63, 3.8) is 0 Å². The van der Waals surface area contributed by atoms with Crippen molar-refractivity contribution < 1.29 is 9.53 Å². The highest BCUT2D eigenvalue weighted by Gasteiger charge is 2.32. The van der Waals surface area contributed by atoms with Crippen molar-refractivity contribution in [1.29, 1.82) is 0 Å². The number of nitrogens with one attached hydrogen (secondary N) is 3. The van der Waals surface area contributed by atoms with Crippen LogP contribution in [0.2, 0.25) is 0 Å². The van der Waals surface area contributed by atoms with Crippen LogP contribution in [-0.2, 0) is 4.74 Å². The number of amides is 1. The molecule has 10 heteroatoms. The summed E-state index contributed by atoms with van der Waals surface area (Å²) in [6.07, 6.45) is 4.76. The minimum absolute atomic E-state index is 0. The van der Waals surface area contributed by atoms with Gasteiger partial charge >= 0.3 is 6.09 Å². The van der Waals surface area contributed by atoms with Crippen molar-refractivity contribution in [2.24, 2.45) is 4.99 Å². The highest BCUT2D eigenvalue weighted by molar-refractivity contribution is 14.0. The monoisotopic (exact) mass is 535 g/mol. The van der Waals surface area contributed by atoms with E-state index >= 15 is 0 Å². The number of ether oxygens (including phenoxy) is 1. The van der Waals surface area contributed by atoms with E-state index in [4.69, 9.17) is 4.74 Å². The van der Waals surface area contributed by atoms with Crippen LogP contribution in [0.3, 0.4) is 0 Å². The number of carbonyl (C=O) groups excluding carboxylic acids is 1. The Morgan fingerprint density at radius 1 is 1.30 bits per heavy atom. The number of guanidine groups is 1. The van der Waals surface area contributed by atoms with Crippen molar-refractivity contribution in [2.45, 2.75) is 77.4 Å². The lowest BCUT2D eigenvalue weighted by Gasteiger charge is -2.37. The summed E-state index contributed by atoms with van der Waals surface area (Å²) >= 11 is 0. The van der Waals surface area contributed by atoms with E-state index in [2.05, 4.69) is 49.6 Å². The van der Waals surface area contributed by atoms with Crippen LogP contribution in [-0.4, -0.2) is 70.0 Å². The molecule has 30 heavy (non-hydrogen) atoms. The van der Waals surface area contributed by atoms with Gasteiger partial charge in [0.2, 0.25) is 0 Å². The van der Waals surface area contributed by atoms with Crippen molar-refractivity contribution in [1.82, 2.24) is 30.7 Å². The third kappa shape index (κ3) is 7.59. The molecule has 0 aromatic carbocycles. The summed E-state index contributed by atoms with van der Waals surface area (Å²) in [6.45, 7) is 12.2. The van der Waals surface area contributed by atoms with E-state index in [1.165, 1.54) is 0 Å². The number of hydrogen-bond acceptors (Lipinski definition) is 5. The van der Waals surface area contributed by atoms with Crippen LogP contribution >= 0.6 is 24.0 Å². The molecule has 1 amide bonds. The zero-order chi connectivity index (χ0) is 21.5. The summed E-state index contributed by atoms with van der Waals surface area (Å²) in [6, 6.07) is 0. The maximum Gasteiger partial charge on any atom is 0.408 e. The summed E-state index contributed by atoms with van der Waals surface area (Å²) in [4.78, 5) is 23.4. The van der Waals surface area contributed by atoms with E-state index in [0.717, 1.165) is 50.6 Å². The second kappa shape index (κ2) is 11.7. The number of piperidine rings is 1. The van der Waals surface area contributed by atoms with Crippen molar-refractivity contribution in [3.8, 4) is 0 Å². The lowest BCUT2D eigenvalue weighted by molar-refractivity contribution is 0.0448. The number of rotatable bonds is 6. The molecule has 9 nitrogen and oxygen atoms in total. The lowest BCUT2D eigenvalue weighted by Crippen LogP contribution is -2.58. The molecule has 1 aliphatic heterocycles. The summed E-state index contributed by atoms with van der Waals surface area (Å²) in [5, 5.41) is 13.5. The lowest BCUT2D eigenvalue weighted by atomic mass is 9.92. The summed E-state index contributed by atoms with van der Waals surface area (Å²) in [5.41, 5.74) is -0.912. The molecule has 0 bridgehead atoms. The van der Waals surface area contributed by atoms with E-state index in [9.17, 15) is 4.79 Å². The number of hydrogen-bond donors (Lipinski definition) is 3. The van der Waals surface area contributed by atoms with Gasteiger partial charge in [-0.15, -0.1) is 24.0 Å². The van der Waals surface area contributed by atoms with Gasteiger partial charge in [0.1, 0.15) is 17.8 Å². The first-order valence-corrected chi connectivity index (χ1v) is 10.5. The number of halogens is 1. The third-order valence-corrected chi connectivity index (χ3v) is 5.53. The molecule has 1 saturated heterocycles. The minimum Gasteiger partial charge on any atom is -0.444 e. The van der Waals surface area contributed by atoms with Gasteiger partial charge in [0.25, 0.3) is 0 Å². The number of aliphatic imine (C=N–C) groups is 1. The van der Waals surface area contributed by atoms with E-state index < -0.39 is 11.1 Å². The Balaban J connectivity index is 0.00000450. The summed E-state index contributed by atoms with van der Waals surface area (Å²) in [7, 11) is 1.80. The SMILES string of the molecule is CCC(CC)(CNC(=NC)N1CCC(c2ncn[nH]2)CC1)NC(=O)OC(C)(C)C.I. The molecular formula is C20H38IN7O2. The smallest absolute Gasteiger partial charge is 0.408 e. The number of aromatic amines is 1. The van der Waals surface area contributed by atoms with Crippen LogP contribution in [0.25, 0.3) is 0 Å². The van der Waals surface area contributed by atoms with Crippen molar-refractivity contribution >= 4 is 36.0 Å². The molecule has 1 aliphatic rings. The number of likely N-dealkylation sites (tertiary alicyclic amines) is 1. The van der Waals surface area contributed by atoms with Crippen molar-refractivity contribution in [2.75, 3.05) is 26.7 Å². The molecule has 0 atom stereocenters. The summed E-state index contributed by atoms with van der Waals surface area (Å²) < 4.78 is 5.46. The fourth-order valence-corrected chi connectivity index (χ4v) is 3.60. The van der Waals surface area contributed by atoms with Crippen LogP contribution in [0.1, 0.15) is 72.0 Å². The Morgan fingerprint density at radius 2 is 1.93 bits per heavy atom. The van der Waals surface area contributed by atoms with E-state index in [-0.39, 0.29) is 30.1 Å². The molecule has 1 aromatic rings. The standard InChI is InChI=1S/C20H37N7O2.HI/c1-7-20(8-2,25-18(28)29-19(3,4)5)13-22-17(21-6)27-11-9-15(10-12-27)16-23-14-24-26-16;/h14-15H,7-13H2,1-6H3,(H,21,22)(H,25,28)(H,23,24,26);1H. The van der Waals surface area contributed by atoms with Gasteiger partial charge in [0.15, 0.2) is 5.96 Å². The number of nitrogens with zero attached hydrogens (tertiary/aromatic N) is 4. The Kier molecular flexibility index (Phi) is 10.3. The van der Waals surface area contributed by atoms with Gasteiger partial charge in [0.05, 0.1) is 5.54 Å². The zero-order valence-corrected chi connectivity index (χ0v) is 21.4. The van der Waals surface area contributed by atoms with Crippen LogP contribution in [0, 0.1) is 0 Å². The van der Waals surface area contributed by atoms with Gasteiger partial charge in [-0.3, -0.25) is 10.1 Å². The van der Waals surface area contributed by atoms with Gasteiger partial charge in [-0.25, -0.2) is 9.78 Å². The maximum atomic E-state index is 12.3. The predicted octanol–water partition coefficient (Wildman–Crippen LogP) is 3.26. The number of aromatic nitrogens is 3. The van der Waals surface area contributed by atoms with Crippen LogP contribution < -0.4 is 10.6 Å². The average molecular weight is 535 g/mol. The first kappa shape index (κ1) is 26.4. The van der Waals surface area contributed by atoms with Gasteiger partial charge in [-0.2, -0.15) is 5.10 Å². The second-order valence-electron chi connectivity index (χ2n) is 8.65. The van der Waals surface area contributed by atoms with Gasteiger partial charge in [-0.1, -0.05) is 13.8 Å². The number of alkyl carbamates (subject to hydrolysis) is 1. The van der Waals surface area contributed by atoms with Gasteiger partial charge < -0.3 is 20.3 Å². The van der Waals surface area contributed by atoms with Crippen LogP contribution in [0.15, 0.2) is 11.3 Å². The fraction of sp³-hybridized carbons (Fsp3) is 0.800. The molecule has 0 unspecified atom stereocenters. The van der Waals surface area contributed by atoms with Crippen molar-refractivity contribution in [3.05, 3.63) is 12.2 Å². The summed E-state index contributed by atoms with van der Waals surface area (Å²) in [5.74, 6) is 2.23. The minimum atomic E-state index is -0.519.